The third-order valence-corrected chi connectivity index (χ3v) is 6.81. The highest BCUT2D eigenvalue weighted by molar-refractivity contribution is 7.89. The van der Waals surface area contributed by atoms with E-state index >= 15 is 0 Å². The van der Waals surface area contributed by atoms with Crippen LogP contribution in [0.1, 0.15) is 18.5 Å². The van der Waals surface area contributed by atoms with Gasteiger partial charge in [0.25, 0.3) is 0 Å². The Hall–Kier alpha value is -3.09. The normalized spacial score (nSPS) is 17.0. The van der Waals surface area contributed by atoms with E-state index in [0.29, 0.717) is 31.4 Å². The molecule has 11 nitrogen and oxygen atoms in total. The molecule has 2 N–H and O–H groups in total. The summed E-state index contributed by atoms with van der Waals surface area (Å²) in [6, 6.07) is 7.58. The predicted molar refractivity (Wildman–Crippen MR) is 122 cm³/mol. The maximum absolute atomic E-state index is 12.6. The van der Waals surface area contributed by atoms with Gasteiger partial charge in [-0.15, -0.1) is 0 Å². The molecule has 2 fully saturated rings. The summed E-state index contributed by atoms with van der Waals surface area (Å²) in [5, 5.41) is 3.06. The van der Waals surface area contributed by atoms with Crippen molar-refractivity contribution in [2.24, 2.45) is 0 Å². The molecule has 1 aromatic heterocycles. The molecule has 2 aliphatic heterocycles. The summed E-state index contributed by atoms with van der Waals surface area (Å²) in [6.07, 6.45) is 0.345. The molecule has 2 aliphatic rings. The van der Waals surface area contributed by atoms with E-state index in [1.807, 2.05) is 13.0 Å². The summed E-state index contributed by atoms with van der Waals surface area (Å²) < 4.78 is 33.1. The van der Waals surface area contributed by atoms with Crippen molar-refractivity contribution < 1.29 is 22.7 Å². The molecule has 0 saturated carbocycles. The number of sulfonamides is 1. The van der Waals surface area contributed by atoms with Gasteiger partial charge in [0.2, 0.25) is 27.8 Å². The summed E-state index contributed by atoms with van der Waals surface area (Å²) in [4.78, 5) is 35.8. The van der Waals surface area contributed by atoms with Gasteiger partial charge < -0.3 is 15.0 Å². The van der Waals surface area contributed by atoms with Crippen LogP contribution in [0.15, 0.2) is 35.2 Å². The van der Waals surface area contributed by atoms with Crippen LogP contribution in [0.5, 0.6) is 0 Å². The third kappa shape index (κ3) is 5.46. The highest BCUT2D eigenvalue weighted by atomic mass is 32.2. The van der Waals surface area contributed by atoms with Crippen molar-refractivity contribution in [2.75, 3.05) is 54.5 Å². The molecule has 0 aliphatic carbocycles. The first kappa shape index (κ1) is 23.1. The van der Waals surface area contributed by atoms with Crippen LogP contribution < -0.4 is 19.8 Å². The van der Waals surface area contributed by atoms with Crippen LogP contribution >= 0.6 is 0 Å². The molecule has 2 saturated heterocycles. The largest absolute Gasteiger partial charge is 0.378 e. The van der Waals surface area contributed by atoms with Crippen molar-refractivity contribution in [3.8, 4) is 0 Å². The minimum atomic E-state index is -3.76. The van der Waals surface area contributed by atoms with Gasteiger partial charge in [0.1, 0.15) is 5.82 Å². The van der Waals surface area contributed by atoms with Crippen LogP contribution in [0, 0.1) is 6.92 Å². The van der Waals surface area contributed by atoms with Crippen LogP contribution in [-0.2, 0) is 24.3 Å². The number of nitrogens with one attached hydrogen (secondary N) is 2. The summed E-state index contributed by atoms with van der Waals surface area (Å²) in [6.45, 7) is 5.12. The molecule has 33 heavy (non-hydrogen) atoms. The fourth-order valence-corrected chi connectivity index (χ4v) is 4.70. The molecular formula is C21H26N6O5S. The molecule has 0 atom stereocenters. The number of imide groups is 1. The summed E-state index contributed by atoms with van der Waals surface area (Å²) >= 11 is 0. The van der Waals surface area contributed by atoms with E-state index in [1.54, 1.807) is 0 Å². The third-order valence-electron chi connectivity index (χ3n) is 5.33. The molecule has 176 valence electrons. The average Bonchev–Trinajstić information content (AvgIpc) is 3.15. The molecule has 4 rings (SSSR count). The first-order chi connectivity index (χ1) is 15.8. The number of carbonyl (C=O) groups excluding carboxylic acids is 2. The van der Waals surface area contributed by atoms with Crippen molar-refractivity contribution in [2.45, 2.75) is 24.7 Å². The Morgan fingerprint density at radius 3 is 2.33 bits per heavy atom. The number of rotatable bonds is 8. The molecule has 2 aromatic rings. The number of hydrogen-bond acceptors (Lipinski definition) is 9. The molecule has 12 heteroatoms. The van der Waals surface area contributed by atoms with Crippen molar-refractivity contribution in [1.29, 1.82) is 0 Å². The standard InChI is InChI=1S/C21H26N6O5S/c1-15-14-18(26-10-12-32-13-11-26)25-21(24-15)22-8-9-23-33(30,31)17-4-2-16(3-5-17)27-19(28)6-7-20(27)29/h2-5,14,23H,6-13H2,1H3,(H,22,24,25). The Morgan fingerprint density at radius 2 is 1.67 bits per heavy atom. The number of hydrogen-bond donors (Lipinski definition) is 2. The fourth-order valence-electron chi connectivity index (χ4n) is 3.67. The van der Waals surface area contributed by atoms with E-state index in [9.17, 15) is 18.0 Å². The molecule has 0 radical (unpaired) electrons. The average molecular weight is 475 g/mol. The minimum absolute atomic E-state index is 0.0479. The Bertz CT molecular complexity index is 1120. The van der Waals surface area contributed by atoms with Gasteiger partial charge in [0, 0.05) is 50.8 Å². The van der Waals surface area contributed by atoms with E-state index < -0.39 is 10.0 Å². The number of nitrogens with zero attached hydrogens (tertiary/aromatic N) is 4. The lowest BCUT2D eigenvalue weighted by atomic mass is 10.3. The number of benzene rings is 1. The van der Waals surface area contributed by atoms with Gasteiger partial charge in [-0.05, 0) is 31.2 Å². The Labute approximate surface area is 192 Å². The van der Waals surface area contributed by atoms with Crippen LogP contribution in [0.25, 0.3) is 0 Å². The predicted octanol–water partition coefficient (Wildman–Crippen LogP) is 0.665. The maximum Gasteiger partial charge on any atom is 0.240 e. The number of amides is 2. The monoisotopic (exact) mass is 474 g/mol. The lowest BCUT2D eigenvalue weighted by Crippen LogP contribution is -2.37. The summed E-state index contributed by atoms with van der Waals surface area (Å²) in [5.41, 5.74) is 1.18. The smallest absolute Gasteiger partial charge is 0.240 e. The van der Waals surface area contributed by atoms with Crippen molar-refractivity contribution >= 4 is 39.3 Å². The lowest BCUT2D eigenvalue weighted by molar-refractivity contribution is -0.121. The van der Waals surface area contributed by atoms with Gasteiger partial charge in [0.05, 0.1) is 23.8 Å². The minimum Gasteiger partial charge on any atom is -0.378 e. The topological polar surface area (TPSA) is 134 Å². The summed E-state index contributed by atoms with van der Waals surface area (Å²) in [5.74, 6) is 0.675. The van der Waals surface area contributed by atoms with E-state index in [4.69, 9.17) is 4.74 Å². The lowest BCUT2D eigenvalue weighted by Gasteiger charge is -2.28. The number of morpholine rings is 1. The van der Waals surface area contributed by atoms with Crippen LogP contribution in [-0.4, -0.2) is 69.6 Å². The maximum atomic E-state index is 12.6. The number of aryl methyl sites for hydroxylation is 1. The van der Waals surface area contributed by atoms with E-state index in [-0.39, 0.29) is 36.1 Å². The molecule has 0 unspecified atom stereocenters. The second-order valence-corrected chi connectivity index (χ2v) is 9.50. The first-order valence-corrected chi connectivity index (χ1v) is 12.2. The van der Waals surface area contributed by atoms with Gasteiger partial charge in [-0.3, -0.25) is 14.5 Å². The van der Waals surface area contributed by atoms with Crippen molar-refractivity contribution in [1.82, 2.24) is 14.7 Å². The number of anilines is 3. The highest BCUT2D eigenvalue weighted by Crippen LogP contribution is 2.24. The molecule has 0 bridgehead atoms. The summed E-state index contributed by atoms with van der Waals surface area (Å²) in [7, 11) is -3.76. The molecule has 2 amide bonds. The van der Waals surface area contributed by atoms with E-state index in [1.165, 1.54) is 24.3 Å². The van der Waals surface area contributed by atoms with Crippen LogP contribution in [0.4, 0.5) is 17.5 Å². The van der Waals surface area contributed by atoms with E-state index in [2.05, 4.69) is 24.9 Å². The first-order valence-electron chi connectivity index (χ1n) is 10.7. The zero-order valence-electron chi connectivity index (χ0n) is 18.3. The highest BCUT2D eigenvalue weighted by Gasteiger charge is 2.30. The Kier molecular flexibility index (Phi) is 6.86. The van der Waals surface area contributed by atoms with E-state index in [0.717, 1.165) is 29.5 Å². The second-order valence-electron chi connectivity index (χ2n) is 7.73. The van der Waals surface area contributed by atoms with Gasteiger partial charge >= 0.3 is 0 Å². The van der Waals surface area contributed by atoms with Crippen molar-refractivity contribution in [3.05, 3.63) is 36.0 Å². The van der Waals surface area contributed by atoms with Crippen LogP contribution in [0.3, 0.4) is 0 Å². The Morgan fingerprint density at radius 1 is 1.00 bits per heavy atom. The fraction of sp³-hybridized carbons (Fsp3) is 0.429. The SMILES string of the molecule is Cc1cc(N2CCOCC2)nc(NCCNS(=O)(=O)c2ccc(N3C(=O)CCC3=O)cc2)n1. The number of carbonyl (C=O) groups is 2. The number of aromatic nitrogens is 2. The van der Waals surface area contributed by atoms with Gasteiger partial charge in [0.15, 0.2) is 0 Å². The number of ether oxygens (including phenoxy) is 1. The van der Waals surface area contributed by atoms with Gasteiger partial charge in [-0.2, -0.15) is 4.98 Å². The molecule has 1 aromatic carbocycles. The zero-order valence-corrected chi connectivity index (χ0v) is 19.1. The molecule has 0 spiro atoms. The zero-order chi connectivity index (χ0) is 23.4. The molecular weight excluding hydrogens is 448 g/mol. The van der Waals surface area contributed by atoms with Gasteiger partial charge in [-0.25, -0.2) is 18.1 Å². The molecule has 3 heterocycles. The van der Waals surface area contributed by atoms with Crippen molar-refractivity contribution in [3.63, 3.8) is 0 Å². The van der Waals surface area contributed by atoms with Gasteiger partial charge in [-0.1, -0.05) is 0 Å². The Balaban J connectivity index is 1.32. The van der Waals surface area contributed by atoms with Crippen LogP contribution in [0.2, 0.25) is 0 Å². The second kappa shape index (κ2) is 9.81. The quantitative estimate of drug-likeness (QED) is 0.418.